The molecule has 0 aromatic heterocycles. The van der Waals surface area contributed by atoms with Crippen LogP contribution in [0.1, 0.15) is 25.7 Å². The fourth-order valence-electron chi connectivity index (χ4n) is 1.50. The number of hydrogen-bond acceptors (Lipinski definition) is 2. The summed E-state index contributed by atoms with van der Waals surface area (Å²) >= 11 is 0. The minimum Gasteiger partial charge on any atom is -0.368 e. The first-order chi connectivity index (χ1) is 5.86. The Bertz CT molecular complexity index is 173. The fourth-order valence-corrected chi connectivity index (χ4v) is 1.50. The first kappa shape index (κ1) is 8.05. The van der Waals surface area contributed by atoms with Crippen LogP contribution in [0.25, 0.3) is 0 Å². The highest BCUT2D eigenvalue weighted by molar-refractivity contribution is 5.81. The van der Waals surface area contributed by atoms with Gasteiger partial charge in [-0.15, -0.1) is 0 Å². The van der Waals surface area contributed by atoms with Gasteiger partial charge >= 0.3 is 0 Å². The van der Waals surface area contributed by atoms with Gasteiger partial charge in [-0.05, 0) is 18.8 Å². The smallest absolute Gasteiger partial charge is 0.249 e. The van der Waals surface area contributed by atoms with Crippen LogP contribution in [0.5, 0.6) is 0 Å². The Morgan fingerprint density at radius 1 is 1.42 bits per heavy atom. The molecule has 0 radical (unpaired) electrons. The average Bonchev–Trinajstić information content (AvgIpc) is 1.79. The highest BCUT2D eigenvalue weighted by atomic mass is 16.5. The number of ether oxygens (including phenoxy) is 1. The Morgan fingerprint density at radius 3 is 2.58 bits per heavy atom. The lowest BCUT2D eigenvalue weighted by Crippen LogP contribution is -2.45. The van der Waals surface area contributed by atoms with Gasteiger partial charge in [-0.2, -0.15) is 0 Å². The third-order valence-corrected chi connectivity index (χ3v) is 2.78. The van der Waals surface area contributed by atoms with E-state index in [0.717, 1.165) is 25.5 Å². The Kier molecular flexibility index (Phi) is 2.30. The number of carbonyl (C=O) groups excluding carboxylic acids is 1. The molecule has 0 bridgehead atoms. The lowest BCUT2D eigenvalue weighted by atomic mass is 9.85. The normalized spacial score (nSPS) is 28.8. The number of rotatable bonds is 3. The molecule has 1 saturated heterocycles. The van der Waals surface area contributed by atoms with E-state index in [4.69, 9.17) is 4.74 Å². The molecule has 1 aliphatic heterocycles. The minimum atomic E-state index is -0.134. The van der Waals surface area contributed by atoms with Gasteiger partial charge in [-0.1, -0.05) is 6.42 Å². The van der Waals surface area contributed by atoms with Crippen molar-refractivity contribution in [1.29, 1.82) is 0 Å². The van der Waals surface area contributed by atoms with Gasteiger partial charge in [-0.3, -0.25) is 4.79 Å². The van der Waals surface area contributed by atoms with E-state index in [0.29, 0.717) is 0 Å². The lowest BCUT2D eigenvalue weighted by Gasteiger charge is -2.29. The maximum atomic E-state index is 11.2. The summed E-state index contributed by atoms with van der Waals surface area (Å²) in [6.07, 6.45) is 4.67. The van der Waals surface area contributed by atoms with Gasteiger partial charge in [0.15, 0.2) is 0 Å². The van der Waals surface area contributed by atoms with Crippen molar-refractivity contribution in [1.82, 2.24) is 5.32 Å². The van der Waals surface area contributed by atoms with Crippen molar-refractivity contribution in [2.24, 2.45) is 5.92 Å². The van der Waals surface area contributed by atoms with Crippen LogP contribution in [0.2, 0.25) is 0 Å². The molecule has 0 aromatic rings. The van der Waals surface area contributed by atoms with Crippen molar-refractivity contribution < 1.29 is 9.53 Å². The van der Waals surface area contributed by atoms with Crippen LogP contribution in [0.15, 0.2) is 0 Å². The first-order valence-electron chi connectivity index (χ1n) is 4.75. The van der Waals surface area contributed by atoms with Crippen molar-refractivity contribution in [3.05, 3.63) is 0 Å². The van der Waals surface area contributed by atoms with Crippen molar-refractivity contribution in [3.8, 4) is 0 Å². The Balaban J connectivity index is 1.61. The second kappa shape index (κ2) is 3.44. The Morgan fingerprint density at radius 2 is 2.17 bits per heavy atom. The van der Waals surface area contributed by atoms with Gasteiger partial charge in [-0.25, -0.2) is 0 Å². The average molecular weight is 169 g/mol. The van der Waals surface area contributed by atoms with Crippen molar-refractivity contribution in [2.75, 3.05) is 13.2 Å². The van der Waals surface area contributed by atoms with Gasteiger partial charge < -0.3 is 10.1 Å². The summed E-state index contributed by atoms with van der Waals surface area (Å²) in [5.41, 5.74) is 0. The van der Waals surface area contributed by atoms with Crippen LogP contribution in [-0.4, -0.2) is 25.2 Å². The van der Waals surface area contributed by atoms with Crippen molar-refractivity contribution in [2.45, 2.75) is 31.8 Å². The van der Waals surface area contributed by atoms with Crippen LogP contribution in [-0.2, 0) is 9.53 Å². The summed E-state index contributed by atoms with van der Waals surface area (Å²) in [6, 6.07) is 0. The molecule has 2 rings (SSSR count). The van der Waals surface area contributed by atoms with Gasteiger partial charge in [0.25, 0.3) is 0 Å². The van der Waals surface area contributed by atoms with E-state index in [-0.39, 0.29) is 12.0 Å². The molecule has 2 aliphatic rings. The summed E-state index contributed by atoms with van der Waals surface area (Å²) in [4.78, 5) is 11.2. The monoisotopic (exact) mass is 169 g/mol. The SMILES string of the molecule is O=C(NCC1CCC1)C1CCO1. The molecular weight excluding hydrogens is 154 g/mol. The molecule has 2 fully saturated rings. The Hall–Kier alpha value is -0.570. The maximum absolute atomic E-state index is 11.2. The molecule has 1 heterocycles. The predicted octanol–water partition coefficient (Wildman–Crippen LogP) is 0.692. The fraction of sp³-hybridized carbons (Fsp3) is 0.889. The molecule has 1 saturated carbocycles. The molecule has 12 heavy (non-hydrogen) atoms. The van der Waals surface area contributed by atoms with Gasteiger partial charge in [0.1, 0.15) is 6.10 Å². The zero-order valence-corrected chi connectivity index (χ0v) is 7.21. The molecule has 3 nitrogen and oxygen atoms in total. The molecular formula is C9H15NO2. The molecule has 0 aromatic carbocycles. The van der Waals surface area contributed by atoms with Crippen LogP contribution >= 0.6 is 0 Å². The number of nitrogens with one attached hydrogen (secondary N) is 1. The first-order valence-corrected chi connectivity index (χ1v) is 4.75. The van der Waals surface area contributed by atoms with E-state index < -0.39 is 0 Å². The van der Waals surface area contributed by atoms with Gasteiger partial charge in [0.2, 0.25) is 5.91 Å². The van der Waals surface area contributed by atoms with E-state index in [1.807, 2.05) is 0 Å². The maximum Gasteiger partial charge on any atom is 0.249 e. The largest absolute Gasteiger partial charge is 0.368 e. The zero-order chi connectivity index (χ0) is 8.39. The van der Waals surface area contributed by atoms with E-state index in [9.17, 15) is 4.79 Å². The number of hydrogen-bond donors (Lipinski definition) is 1. The van der Waals surface area contributed by atoms with Crippen LogP contribution < -0.4 is 5.32 Å². The summed E-state index contributed by atoms with van der Waals surface area (Å²) in [7, 11) is 0. The van der Waals surface area contributed by atoms with E-state index in [2.05, 4.69) is 5.32 Å². The second-order valence-electron chi connectivity index (χ2n) is 3.69. The van der Waals surface area contributed by atoms with E-state index >= 15 is 0 Å². The second-order valence-corrected chi connectivity index (χ2v) is 3.69. The Labute approximate surface area is 72.5 Å². The lowest BCUT2D eigenvalue weighted by molar-refractivity contribution is -0.145. The van der Waals surface area contributed by atoms with Crippen molar-refractivity contribution in [3.63, 3.8) is 0 Å². The van der Waals surface area contributed by atoms with E-state index in [1.54, 1.807) is 0 Å². The molecule has 1 unspecified atom stereocenters. The molecule has 68 valence electrons. The molecule has 1 amide bonds. The van der Waals surface area contributed by atoms with Crippen LogP contribution in [0.4, 0.5) is 0 Å². The highest BCUT2D eigenvalue weighted by Crippen LogP contribution is 2.25. The van der Waals surface area contributed by atoms with Crippen LogP contribution in [0.3, 0.4) is 0 Å². The highest BCUT2D eigenvalue weighted by Gasteiger charge is 2.27. The molecule has 3 heteroatoms. The summed E-state index contributed by atoms with van der Waals surface area (Å²) in [5.74, 6) is 0.835. The molecule has 1 atom stereocenters. The van der Waals surface area contributed by atoms with Gasteiger partial charge in [0, 0.05) is 13.0 Å². The number of amides is 1. The topological polar surface area (TPSA) is 38.3 Å². The standard InChI is InChI=1S/C9H15NO2/c11-9(8-4-5-12-8)10-6-7-2-1-3-7/h7-8H,1-6H2,(H,10,11). The zero-order valence-electron chi connectivity index (χ0n) is 7.21. The third kappa shape index (κ3) is 1.61. The quantitative estimate of drug-likeness (QED) is 0.675. The summed E-state index contributed by atoms with van der Waals surface area (Å²) in [6.45, 7) is 1.61. The van der Waals surface area contributed by atoms with Crippen LogP contribution in [0, 0.1) is 5.92 Å². The predicted molar refractivity (Wildman–Crippen MR) is 44.7 cm³/mol. The number of carbonyl (C=O) groups is 1. The summed E-state index contributed by atoms with van der Waals surface area (Å²) < 4.78 is 5.06. The van der Waals surface area contributed by atoms with Crippen molar-refractivity contribution >= 4 is 5.91 Å². The van der Waals surface area contributed by atoms with E-state index in [1.165, 1.54) is 19.3 Å². The molecule has 1 aliphatic carbocycles. The summed E-state index contributed by atoms with van der Waals surface area (Å²) in [5, 5.41) is 2.92. The van der Waals surface area contributed by atoms with Gasteiger partial charge in [0.05, 0.1) is 6.61 Å². The molecule has 0 spiro atoms. The minimum absolute atomic E-state index is 0.0909. The third-order valence-electron chi connectivity index (χ3n) is 2.78. The molecule has 1 N–H and O–H groups in total.